The molecule has 0 spiro atoms. The molecule has 0 aliphatic heterocycles. The van der Waals surface area contributed by atoms with Gasteiger partial charge in [0.05, 0.1) is 21.9 Å². The molecule has 0 atom stereocenters. The van der Waals surface area contributed by atoms with Crippen LogP contribution in [0.15, 0.2) is 188 Å². The van der Waals surface area contributed by atoms with Crippen LogP contribution in [0.1, 0.15) is 21.9 Å². The molecule has 11 aromatic rings. The van der Waals surface area contributed by atoms with Crippen LogP contribution in [0.5, 0.6) is 0 Å². The smallest absolute Gasteiger partial charge is 0.164 e. The lowest BCUT2D eigenvalue weighted by Crippen LogP contribution is -2.00. The van der Waals surface area contributed by atoms with Gasteiger partial charge in [0.1, 0.15) is 0 Å². The highest BCUT2D eigenvalue weighted by molar-refractivity contribution is 7.26. The summed E-state index contributed by atoms with van der Waals surface area (Å²) in [6.07, 6.45) is 0. The van der Waals surface area contributed by atoms with Gasteiger partial charge in [-0.3, -0.25) is 0 Å². The second-order valence-electron chi connectivity index (χ2n) is 12.8. The van der Waals surface area contributed by atoms with Gasteiger partial charge in [-0.15, -0.1) is 22.7 Å². The van der Waals surface area contributed by atoms with Crippen LogP contribution in [-0.4, -0.2) is 15.0 Å². The third-order valence-electron chi connectivity index (χ3n) is 9.38. The molecule has 0 radical (unpaired) electrons. The van der Waals surface area contributed by atoms with Crippen LogP contribution in [0, 0.1) is 0 Å². The summed E-state index contributed by atoms with van der Waals surface area (Å²) in [5.74, 6) is -0.0407. The fraction of sp³-hybridized carbons (Fsp3) is 0. The fourth-order valence-electron chi connectivity index (χ4n) is 6.75. The standard InChI is InChI=1S/C51H31N3S2/c1-4-12-32(13-5-1)35-20-22-36(23-21-35)49-52-50(38-24-26-40-42-28-37(33-14-6-2-7-15-33)25-27-45(42)55-46(40)30-38)54-51(53-49)43-29-39(34-16-8-3-9-17-34)31-47-48(43)41-18-10-11-19-44(41)56-47/h1-31H/i2D,3D,6D,7D,8D,9D,14D,15D,16D,17D,24D,25D,26D,27D,28D,30D. The van der Waals surface area contributed by atoms with Crippen LogP contribution < -0.4 is 0 Å². The van der Waals surface area contributed by atoms with Gasteiger partial charge in [-0.05, 0) is 69.7 Å². The number of hydrogen-bond acceptors (Lipinski definition) is 5. The highest BCUT2D eigenvalue weighted by atomic mass is 32.1. The maximum atomic E-state index is 9.76. The molecule has 262 valence electrons. The Morgan fingerprint density at radius 1 is 0.357 bits per heavy atom. The second-order valence-corrected chi connectivity index (χ2v) is 14.9. The molecule has 0 saturated heterocycles. The first-order valence-corrected chi connectivity index (χ1v) is 19.0. The summed E-state index contributed by atoms with van der Waals surface area (Å²) < 4.78 is 143. The van der Waals surface area contributed by atoms with Crippen molar-refractivity contribution < 1.29 is 21.9 Å². The number of aromatic nitrogens is 3. The van der Waals surface area contributed by atoms with E-state index < -0.39 is 102 Å². The summed E-state index contributed by atoms with van der Waals surface area (Å²) in [6, 6.07) is 19.4. The van der Waals surface area contributed by atoms with E-state index >= 15 is 0 Å². The van der Waals surface area contributed by atoms with Crippen LogP contribution in [-0.2, 0) is 0 Å². The molecule has 0 saturated carbocycles. The highest BCUT2D eigenvalue weighted by Gasteiger charge is 2.20. The van der Waals surface area contributed by atoms with Gasteiger partial charge in [0.25, 0.3) is 0 Å². The first kappa shape index (κ1) is 20.2. The van der Waals surface area contributed by atoms with E-state index in [9.17, 15) is 5.48 Å². The lowest BCUT2D eigenvalue weighted by atomic mass is 9.98. The minimum Gasteiger partial charge on any atom is -0.208 e. The van der Waals surface area contributed by atoms with Crippen molar-refractivity contribution in [3.63, 3.8) is 0 Å². The van der Waals surface area contributed by atoms with Gasteiger partial charge in [-0.2, -0.15) is 0 Å². The summed E-state index contributed by atoms with van der Waals surface area (Å²) >= 11 is 2.26. The maximum absolute atomic E-state index is 9.76. The normalized spacial score (nSPS) is 15.6. The van der Waals surface area contributed by atoms with E-state index in [-0.39, 0.29) is 60.4 Å². The van der Waals surface area contributed by atoms with Gasteiger partial charge in [-0.1, -0.05) is 151 Å². The van der Waals surface area contributed by atoms with Crippen molar-refractivity contribution in [3.05, 3.63) is 188 Å². The molecule has 5 heteroatoms. The molecule has 3 nitrogen and oxygen atoms in total. The van der Waals surface area contributed by atoms with E-state index in [2.05, 4.69) is 0 Å². The Morgan fingerprint density at radius 3 is 1.77 bits per heavy atom. The molecule has 3 aromatic heterocycles. The van der Waals surface area contributed by atoms with Crippen molar-refractivity contribution in [2.75, 3.05) is 0 Å². The molecule has 11 rings (SSSR count). The van der Waals surface area contributed by atoms with Crippen molar-refractivity contribution >= 4 is 63.0 Å². The summed E-state index contributed by atoms with van der Waals surface area (Å²) in [4.78, 5) is 14.9. The average Bonchev–Trinajstić information content (AvgIpc) is 3.99. The highest BCUT2D eigenvalue weighted by Crippen LogP contribution is 2.43. The molecule has 8 aromatic carbocycles. The van der Waals surface area contributed by atoms with Crippen LogP contribution in [0.4, 0.5) is 0 Å². The minimum atomic E-state index is -0.698. The van der Waals surface area contributed by atoms with Gasteiger partial charge in [0.15, 0.2) is 17.5 Å². The summed E-state index contributed by atoms with van der Waals surface area (Å²) in [6.45, 7) is 0. The predicted octanol–water partition coefficient (Wildman–Crippen LogP) is 14.6. The van der Waals surface area contributed by atoms with Crippen molar-refractivity contribution in [2.24, 2.45) is 0 Å². The lowest BCUT2D eigenvalue weighted by Gasteiger charge is -2.12. The zero-order chi connectivity index (χ0) is 50.9. The van der Waals surface area contributed by atoms with Gasteiger partial charge < -0.3 is 0 Å². The lowest BCUT2D eigenvalue weighted by molar-refractivity contribution is 1.08. The Balaban J connectivity index is 1.21. The SMILES string of the molecule is [2H]c1c([2H])c([2H])c(-c2cc(-c3nc(-c4ccc(-c5ccccc5)cc4)nc(-c4c([2H])c([2H])c5c(sc6c([2H])c([2H])c(-c7c([2H])c([2H])c([2H])c([2H])c7[2H])c([2H])c65)c4[2H])n3)c3c(c2)sc2ccccc23)c([2H])c1[2H]. The zero-order valence-electron chi connectivity index (χ0n) is 44.8. The molecule has 0 fully saturated rings. The number of nitrogens with zero attached hydrogens (tertiary/aromatic N) is 3. The van der Waals surface area contributed by atoms with E-state index in [4.69, 9.17) is 31.4 Å². The Hall–Kier alpha value is -6.79. The van der Waals surface area contributed by atoms with E-state index in [0.29, 0.717) is 21.2 Å². The van der Waals surface area contributed by atoms with Crippen LogP contribution in [0.2, 0.25) is 0 Å². The molecule has 56 heavy (non-hydrogen) atoms. The van der Waals surface area contributed by atoms with Crippen LogP contribution in [0.25, 0.3) is 108 Å². The molecule has 0 bridgehead atoms. The summed E-state index contributed by atoms with van der Waals surface area (Å²) in [5, 5.41) is 1.32. The van der Waals surface area contributed by atoms with Crippen molar-refractivity contribution in [1.82, 2.24) is 15.0 Å². The molecule has 0 unspecified atom stereocenters. The molecule has 0 aliphatic carbocycles. The van der Waals surface area contributed by atoms with Crippen molar-refractivity contribution in [1.29, 1.82) is 0 Å². The Bertz CT molecular complexity index is 4120. The van der Waals surface area contributed by atoms with Crippen LogP contribution in [0.3, 0.4) is 0 Å². The third-order valence-corrected chi connectivity index (χ3v) is 11.5. The first-order chi connectivity index (χ1) is 34.4. The third kappa shape index (κ3) is 5.77. The number of fused-ring (bicyclic) bond motifs is 6. The molecule has 0 N–H and O–H groups in total. The first-order valence-electron chi connectivity index (χ1n) is 25.4. The fourth-order valence-corrected chi connectivity index (χ4v) is 8.89. The second kappa shape index (κ2) is 13.5. The molecule has 3 heterocycles. The van der Waals surface area contributed by atoms with Gasteiger partial charge in [0.2, 0.25) is 0 Å². The monoisotopic (exact) mass is 765 g/mol. The summed E-state index contributed by atoms with van der Waals surface area (Å²) in [7, 11) is 0. The van der Waals surface area contributed by atoms with E-state index in [1.807, 2.05) is 78.9 Å². The average molecular weight is 766 g/mol. The molecular weight excluding hydrogens is 719 g/mol. The molecule has 0 amide bonds. The Labute approximate surface area is 354 Å². The quantitative estimate of drug-likeness (QED) is 0.169. The Morgan fingerprint density at radius 2 is 0.982 bits per heavy atom. The zero-order valence-corrected chi connectivity index (χ0v) is 30.5. The van der Waals surface area contributed by atoms with Gasteiger partial charge >= 0.3 is 0 Å². The number of hydrogen-bond donors (Lipinski definition) is 0. The van der Waals surface area contributed by atoms with Gasteiger partial charge in [0, 0.05) is 57.0 Å². The summed E-state index contributed by atoms with van der Waals surface area (Å²) in [5.41, 5.74) is 1.91. The topological polar surface area (TPSA) is 38.7 Å². The van der Waals surface area contributed by atoms with Gasteiger partial charge in [-0.25, -0.2) is 15.0 Å². The Kier molecular flexibility index (Phi) is 4.87. The number of thiophene rings is 2. The predicted molar refractivity (Wildman–Crippen MR) is 238 cm³/mol. The molecular formula is C51H31N3S2. The largest absolute Gasteiger partial charge is 0.208 e. The van der Waals surface area contributed by atoms with E-state index in [1.165, 1.54) is 11.3 Å². The van der Waals surface area contributed by atoms with Crippen LogP contribution >= 0.6 is 22.7 Å². The minimum absolute atomic E-state index is 0.0152. The van der Waals surface area contributed by atoms with E-state index in [1.54, 1.807) is 12.1 Å². The maximum Gasteiger partial charge on any atom is 0.164 e. The van der Waals surface area contributed by atoms with E-state index in [0.717, 1.165) is 32.5 Å². The van der Waals surface area contributed by atoms with Crippen molar-refractivity contribution in [3.8, 4) is 67.5 Å². The number of rotatable bonds is 6. The number of benzene rings is 8. The molecule has 0 aliphatic rings. The van der Waals surface area contributed by atoms with Crippen molar-refractivity contribution in [2.45, 2.75) is 0 Å².